The first kappa shape index (κ1) is 18.1. The van der Waals surface area contributed by atoms with Gasteiger partial charge < -0.3 is 9.05 Å². The van der Waals surface area contributed by atoms with Gasteiger partial charge in [0.05, 0.1) is 13.2 Å². The average Bonchev–Trinajstić information content (AvgIpc) is 2.43. The molecule has 0 aliphatic carbocycles. The molecule has 0 unspecified atom stereocenters. The van der Waals surface area contributed by atoms with Gasteiger partial charge >= 0.3 is 7.60 Å². The highest BCUT2D eigenvalue weighted by atomic mass is 31.2. The minimum atomic E-state index is -3.79. The predicted molar refractivity (Wildman–Crippen MR) is 84.7 cm³/mol. The Bertz CT molecular complexity index is 490. The third-order valence-corrected chi connectivity index (χ3v) is 4.44. The summed E-state index contributed by atoms with van der Waals surface area (Å²) >= 11 is 0. The minimum absolute atomic E-state index is 0.173. The Kier molecular flexibility index (Phi) is 6.79. The summed E-state index contributed by atoms with van der Waals surface area (Å²) in [6, 6.07) is 6.93. The molecule has 0 amide bonds. The number of rotatable bonds is 8. The maximum Gasteiger partial charge on any atom is 0.401 e. The van der Waals surface area contributed by atoms with Crippen LogP contribution in [0.15, 0.2) is 24.3 Å². The minimum Gasteiger partial charge on any atom is -0.303 e. The van der Waals surface area contributed by atoms with Gasteiger partial charge in [0.1, 0.15) is 0 Å². The Morgan fingerprint density at radius 1 is 1.00 bits per heavy atom. The molecule has 0 saturated heterocycles. The lowest BCUT2D eigenvalue weighted by Gasteiger charge is -2.19. The van der Waals surface area contributed by atoms with Crippen molar-refractivity contribution < 1.29 is 18.4 Å². The summed E-state index contributed by atoms with van der Waals surface area (Å²) in [5.74, 6) is 0.346. The maximum absolute atomic E-state index is 12.8. The lowest BCUT2D eigenvalue weighted by molar-refractivity contribution is 0.0974. The first-order chi connectivity index (χ1) is 9.74. The predicted octanol–water partition coefficient (Wildman–Crippen LogP) is 4.67. The van der Waals surface area contributed by atoms with E-state index in [4.69, 9.17) is 9.05 Å². The van der Waals surface area contributed by atoms with Crippen LogP contribution < -0.4 is 0 Å². The third-order valence-electron chi connectivity index (χ3n) is 2.70. The lowest BCUT2D eigenvalue weighted by atomic mass is 10.2. The van der Waals surface area contributed by atoms with Crippen LogP contribution in [0.1, 0.15) is 43.6 Å². The number of benzene rings is 1. The molecule has 0 fully saturated rings. The Morgan fingerprint density at radius 2 is 1.43 bits per heavy atom. The molecule has 0 aliphatic heterocycles. The summed E-state index contributed by atoms with van der Waals surface area (Å²) in [6.07, 6.45) is 0. The van der Waals surface area contributed by atoms with E-state index in [1.54, 1.807) is 12.1 Å². The van der Waals surface area contributed by atoms with Gasteiger partial charge in [-0.1, -0.05) is 57.5 Å². The highest BCUT2D eigenvalue weighted by molar-refractivity contribution is 7.72. The molecule has 0 radical (unpaired) electrons. The molecule has 4 nitrogen and oxygen atoms in total. The summed E-state index contributed by atoms with van der Waals surface area (Å²) in [7, 11) is -3.79. The second-order valence-electron chi connectivity index (χ2n) is 6.05. The number of carbonyl (C=O) groups is 1. The lowest BCUT2D eigenvalue weighted by Crippen LogP contribution is -2.13. The highest BCUT2D eigenvalue weighted by Crippen LogP contribution is 2.51. The molecule has 0 bridgehead atoms. The standard InChI is InChI=1S/C16H25O4P/c1-12(2)10-19-21(18,20-11-13(3)4)16(17)15-8-6-14(5)7-9-15/h6-9,12-13H,10-11H2,1-5H3. The molecule has 0 aromatic heterocycles. The van der Waals surface area contributed by atoms with Crippen molar-refractivity contribution in [2.75, 3.05) is 13.2 Å². The van der Waals surface area contributed by atoms with E-state index in [2.05, 4.69) is 0 Å². The smallest absolute Gasteiger partial charge is 0.303 e. The molecule has 0 aliphatic rings. The van der Waals surface area contributed by atoms with Crippen molar-refractivity contribution in [3.8, 4) is 0 Å². The Morgan fingerprint density at radius 3 is 1.81 bits per heavy atom. The molecule has 0 saturated carbocycles. The van der Waals surface area contributed by atoms with Crippen LogP contribution >= 0.6 is 7.60 Å². The number of hydrogen-bond acceptors (Lipinski definition) is 4. The number of hydrogen-bond donors (Lipinski definition) is 0. The van der Waals surface area contributed by atoms with Crippen LogP contribution in [0.25, 0.3) is 0 Å². The van der Waals surface area contributed by atoms with Gasteiger partial charge in [0.2, 0.25) is 0 Å². The third kappa shape index (κ3) is 5.74. The topological polar surface area (TPSA) is 52.6 Å². The highest BCUT2D eigenvalue weighted by Gasteiger charge is 2.36. The number of carbonyl (C=O) groups excluding carboxylic acids is 1. The molecule has 1 aromatic rings. The van der Waals surface area contributed by atoms with E-state index in [-0.39, 0.29) is 25.0 Å². The SMILES string of the molecule is Cc1ccc(C(=O)P(=O)(OCC(C)C)OCC(C)C)cc1. The molecule has 118 valence electrons. The van der Waals surface area contributed by atoms with Crippen LogP contribution in [0.2, 0.25) is 0 Å². The van der Waals surface area contributed by atoms with Crippen LogP contribution in [-0.2, 0) is 13.6 Å². The van der Waals surface area contributed by atoms with E-state index in [9.17, 15) is 9.36 Å². The van der Waals surface area contributed by atoms with Crippen molar-refractivity contribution in [3.05, 3.63) is 35.4 Å². The van der Waals surface area contributed by atoms with Crippen molar-refractivity contribution >= 4 is 13.1 Å². The van der Waals surface area contributed by atoms with Crippen molar-refractivity contribution in [1.29, 1.82) is 0 Å². The van der Waals surface area contributed by atoms with Gasteiger partial charge in [-0.3, -0.25) is 9.36 Å². The van der Waals surface area contributed by atoms with Crippen LogP contribution in [-0.4, -0.2) is 18.7 Å². The van der Waals surface area contributed by atoms with Crippen LogP contribution in [0, 0.1) is 18.8 Å². The quantitative estimate of drug-likeness (QED) is 0.654. The fraction of sp³-hybridized carbons (Fsp3) is 0.562. The zero-order chi connectivity index (χ0) is 16.0. The molecular formula is C16H25O4P. The van der Waals surface area contributed by atoms with Gasteiger partial charge in [-0.15, -0.1) is 0 Å². The van der Waals surface area contributed by atoms with E-state index in [0.29, 0.717) is 5.56 Å². The van der Waals surface area contributed by atoms with Crippen molar-refractivity contribution in [3.63, 3.8) is 0 Å². The monoisotopic (exact) mass is 312 g/mol. The normalized spacial score (nSPS) is 12.1. The second-order valence-corrected chi connectivity index (χ2v) is 7.97. The molecule has 5 heteroatoms. The van der Waals surface area contributed by atoms with Gasteiger partial charge in [0, 0.05) is 5.56 Å². The van der Waals surface area contributed by atoms with E-state index >= 15 is 0 Å². The van der Waals surface area contributed by atoms with Crippen LogP contribution in [0.3, 0.4) is 0 Å². The van der Waals surface area contributed by atoms with Crippen LogP contribution in [0.4, 0.5) is 0 Å². The van der Waals surface area contributed by atoms with Gasteiger partial charge in [-0.2, -0.15) is 0 Å². The second kappa shape index (κ2) is 7.88. The Labute approximate surface area is 127 Å². The zero-order valence-electron chi connectivity index (χ0n) is 13.5. The van der Waals surface area contributed by atoms with E-state index in [0.717, 1.165) is 5.56 Å². The molecule has 0 atom stereocenters. The van der Waals surface area contributed by atoms with Crippen molar-refractivity contribution in [1.82, 2.24) is 0 Å². The summed E-state index contributed by atoms with van der Waals surface area (Å²) in [6.45, 7) is 10.1. The average molecular weight is 312 g/mol. The van der Waals surface area contributed by atoms with Crippen LogP contribution in [0.5, 0.6) is 0 Å². The summed E-state index contributed by atoms with van der Waals surface area (Å²) < 4.78 is 23.6. The van der Waals surface area contributed by atoms with Gasteiger partial charge in [0.15, 0.2) is 0 Å². The maximum atomic E-state index is 12.8. The van der Waals surface area contributed by atoms with Gasteiger partial charge in [-0.05, 0) is 18.8 Å². The molecule has 0 heterocycles. The first-order valence-electron chi connectivity index (χ1n) is 7.25. The van der Waals surface area contributed by atoms with Gasteiger partial charge in [-0.25, -0.2) is 0 Å². The molecule has 0 N–H and O–H groups in total. The van der Waals surface area contributed by atoms with Crippen molar-refractivity contribution in [2.45, 2.75) is 34.6 Å². The first-order valence-corrected chi connectivity index (χ1v) is 8.79. The van der Waals surface area contributed by atoms with E-state index < -0.39 is 13.1 Å². The number of aryl methyl sites for hydroxylation is 1. The Hall–Kier alpha value is -0.960. The fourth-order valence-electron chi connectivity index (χ4n) is 1.50. The molecule has 21 heavy (non-hydrogen) atoms. The summed E-state index contributed by atoms with van der Waals surface area (Å²) in [5, 5.41) is 0. The summed E-state index contributed by atoms with van der Waals surface area (Å²) in [4.78, 5) is 12.5. The van der Waals surface area contributed by atoms with Gasteiger partial charge in [0.25, 0.3) is 5.52 Å². The molecular weight excluding hydrogens is 287 g/mol. The largest absolute Gasteiger partial charge is 0.401 e. The zero-order valence-corrected chi connectivity index (χ0v) is 14.4. The fourth-order valence-corrected chi connectivity index (χ4v) is 3.27. The van der Waals surface area contributed by atoms with E-state index in [1.807, 2.05) is 46.8 Å². The molecule has 1 aromatic carbocycles. The Balaban J connectivity index is 2.95. The van der Waals surface area contributed by atoms with Crippen molar-refractivity contribution in [2.24, 2.45) is 11.8 Å². The summed E-state index contributed by atoms with van der Waals surface area (Å²) in [5.41, 5.74) is 0.827. The van der Waals surface area contributed by atoms with E-state index in [1.165, 1.54) is 0 Å². The molecule has 1 rings (SSSR count). The molecule has 0 spiro atoms.